The summed E-state index contributed by atoms with van der Waals surface area (Å²) in [5.74, 6) is -1.87. The standard InChI is InChI=1S/C38H68O8Si2/c1-34(2,3)43-31(41)20-24-19-25(45-47(13,14)36(7,8)9)23-30(40)38(24)18-17-27-28(32(38)33(42)44-35(4,5)6)21-26(22-29(27)39)46-48(15,16)37(10,11)12/h20,25-26,29-30,32,39-40H,17-19,21-23H2,1-16H3/b24-20+/t25-,26-,29-,30-,32+,38-/m1/s1. The van der Waals surface area contributed by atoms with E-state index in [1.165, 1.54) is 6.08 Å². The molecule has 10 heteroatoms. The number of carbonyl (C=O) groups is 2. The van der Waals surface area contributed by atoms with E-state index in [2.05, 4.69) is 67.7 Å². The van der Waals surface area contributed by atoms with Crippen molar-refractivity contribution in [1.82, 2.24) is 0 Å². The van der Waals surface area contributed by atoms with E-state index >= 15 is 0 Å². The number of rotatable bonds is 6. The van der Waals surface area contributed by atoms with Crippen LogP contribution in [0.15, 0.2) is 22.8 Å². The highest BCUT2D eigenvalue weighted by Gasteiger charge is 2.60. The molecule has 3 aliphatic carbocycles. The highest BCUT2D eigenvalue weighted by molar-refractivity contribution is 6.74. The van der Waals surface area contributed by atoms with Gasteiger partial charge in [-0.2, -0.15) is 0 Å². The summed E-state index contributed by atoms with van der Waals surface area (Å²) >= 11 is 0. The van der Waals surface area contributed by atoms with Gasteiger partial charge in [0, 0.05) is 17.9 Å². The fraction of sp³-hybridized carbons (Fsp3) is 0.842. The van der Waals surface area contributed by atoms with Crippen molar-refractivity contribution in [3.8, 4) is 0 Å². The highest BCUT2D eigenvalue weighted by atomic mass is 28.4. The van der Waals surface area contributed by atoms with Gasteiger partial charge in [-0.05, 0) is 115 Å². The largest absolute Gasteiger partial charge is 0.459 e. The second-order valence-electron chi connectivity index (χ2n) is 19.7. The van der Waals surface area contributed by atoms with E-state index in [0.29, 0.717) is 44.1 Å². The molecule has 0 bridgehead atoms. The summed E-state index contributed by atoms with van der Waals surface area (Å²) in [4.78, 5) is 28.2. The number of ether oxygens (including phenoxy) is 2. The fourth-order valence-corrected chi connectivity index (χ4v) is 9.87. The molecule has 0 aromatic rings. The first-order valence-electron chi connectivity index (χ1n) is 18.0. The third kappa shape index (κ3) is 9.13. The Bertz CT molecular complexity index is 1270. The lowest BCUT2D eigenvalue weighted by atomic mass is 9.52. The lowest BCUT2D eigenvalue weighted by Crippen LogP contribution is -2.57. The summed E-state index contributed by atoms with van der Waals surface area (Å²) in [5, 5.41) is 23.9. The quantitative estimate of drug-likeness (QED) is 0.123. The predicted octanol–water partition coefficient (Wildman–Crippen LogP) is 8.38. The summed E-state index contributed by atoms with van der Waals surface area (Å²) in [6, 6.07) is 0. The lowest BCUT2D eigenvalue weighted by Gasteiger charge is -2.55. The van der Waals surface area contributed by atoms with Gasteiger partial charge in [-0.15, -0.1) is 0 Å². The van der Waals surface area contributed by atoms with Gasteiger partial charge < -0.3 is 28.5 Å². The second kappa shape index (κ2) is 13.7. The van der Waals surface area contributed by atoms with E-state index < -0.39 is 63.3 Å². The third-order valence-corrected chi connectivity index (χ3v) is 20.5. The van der Waals surface area contributed by atoms with Crippen molar-refractivity contribution >= 4 is 28.6 Å². The topological polar surface area (TPSA) is 112 Å². The Morgan fingerprint density at radius 1 is 0.729 bits per heavy atom. The third-order valence-electron chi connectivity index (χ3n) is 11.4. The van der Waals surface area contributed by atoms with Crippen molar-refractivity contribution in [2.24, 2.45) is 11.3 Å². The van der Waals surface area contributed by atoms with Gasteiger partial charge in [0.15, 0.2) is 16.6 Å². The second-order valence-corrected chi connectivity index (χ2v) is 29.2. The molecule has 2 N–H and O–H groups in total. The van der Waals surface area contributed by atoms with E-state index in [0.717, 1.165) is 11.1 Å². The fourth-order valence-electron chi connectivity index (χ4n) is 7.14. The van der Waals surface area contributed by atoms with Gasteiger partial charge in [0.2, 0.25) is 0 Å². The Kier molecular flexibility index (Phi) is 11.7. The van der Waals surface area contributed by atoms with Crippen LogP contribution < -0.4 is 0 Å². The number of aliphatic hydroxyl groups excluding tert-OH is 2. The molecule has 8 nitrogen and oxygen atoms in total. The van der Waals surface area contributed by atoms with Gasteiger partial charge >= 0.3 is 11.9 Å². The number of hydrogen-bond acceptors (Lipinski definition) is 8. The van der Waals surface area contributed by atoms with E-state index in [9.17, 15) is 19.8 Å². The number of aliphatic hydroxyl groups is 2. The molecule has 0 heterocycles. The first-order chi connectivity index (χ1) is 21.4. The lowest BCUT2D eigenvalue weighted by molar-refractivity contribution is -0.169. The van der Waals surface area contributed by atoms with Crippen LogP contribution in [0.3, 0.4) is 0 Å². The summed E-state index contributed by atoms with van der Waals surface area (Å²) in [7, 11) is -4.46. The number of esters is 2. The molecule has 1 fully saturated rings. The number of hydrogen-bond donors (Lipinski definition) is 2. The average molecular weight is 709 g/mol. The Labute approximate surface area is 293 Å². The van der Waals surface area contributed by atoms with Crippen molar-refractivity contribution in [3.63, 3.8) is 0 Å². The molecule has 0 saturated heterocycles. The molecule has 0 aliphatic heterocycles. The van der Waals surface area contributed by atoms with Crippen LogP contribution in [0.1, 0.15) is 122 Å². The van der Waals surface area contributed by atoms with Gasteiger partial charge in [-0.25, -0.2) is 4.79 Å². The van der Waals surface area contributed by atoms with Gasteiger partial charge in [0.25, 0.3) is 0 Å². The van der Waals surface area contributed by atoms with Crippen molar-refractivity contribution in [2.75, 3.05) is 0 Å². The maximum Gasteiger partial charge on any atom is 0.331 e. The van der Waals surface area contributed by atoms with Crippen LogP contribution in [-0.2, 0) is 27.9 Å². The molecule has 1 spiro atoms. The van der Waals surface area contributed by atoms with E-state index in [1.54, 1.807) is 0 Å². The van der Waals surface area contributed by atoms with Gasteiger partial charge in [0.1, 0.15) is 11.2 Å². The van der Waals surface area contributed by atoms with Crippen molar-refractivity contribution in [1.29, 1.82) is 0 Å². The molecular weight excluding hydrogens is 641 g/mol. The first-order valence-corrected chi connectivity index (χ1v) is 23.8. The van der Waals surface area contributed by atoms with Crippen LogP contribution in [0, 0.1) is 11.3 Å². The molecule has 0 aromatic heterocycles. The molecule has 0 radical (unpaired) electrons. The van der Waals surface area contributed by atoms with Gasteiger partial charge in [-0.3, -0.25) is 4.79 Å². The maximum absolute atomic E-state index is 14.6. The van der Waals surface area contributed by atoms with Crippen LogP contribution in [-0.4, -0.2) is 74.4 Å². The molecule has 1 saturated carbocycles. The molecule has 48 heavy (non-hydrogen) atoms. The maximum atomic E-state index is 14.6. The molecule has 3 aliphatic rings. The van der Waals surface area contributed by atoms with Crippen LogP contribution in [0.25, 0.3) is 0 Å². The molecule has 3 rings (SSSR count). The van der Waals surface area contributed by atoms with Crippen LogP contribution in [0.4, 0.5) is 0 Å². The predicted molar refractivity (Wildman–Crippen MR) is 197 cm³/mol. The van der Waals surface area contributed by atoms with Crippen LogP contribution >= 0.6 is 0 Å². The molecule has 0 unspecified atom stereocenters. The van der Waals surface area contributed by atoms with Crippen molar-refractivity contribution in [3.05, 3.63) is 22.8 Å². The summed E-state index contributed by atoms with van der Waals surface area (Å²) in [6.07, 6.45) is 1.66. The summed E-state index contributed by atoms with van der Waals surface area (Å²) in [6.45, 7) is 32.9. The van der Waals surface area contributed by atoms with Crippen molar-refractivity contribution < 1.29 is 38.1 Å². The minimum absolute atomic E-state index is 0.0347. The summed E-state index contributed by atoms with van der Waals surface area (Å²) < 4.78 is 25.7. The summed E-state index contributed by atoms with van der Waals surface area (Å²) in [5.41, 5.74) is -0.359. The minimum atomic E-state index is -2.25. The van der Waals surface area contributed by atoms with Crippen LogP contribution in [0.5, 0.6) is 0 Å². The Balaban J connectivity index is 2.23. The van der Waals surface area contributed by atoms with E-state index in [-0.39, 0.29) is 22.3 Å². The van der Waals surface area contributed by atoms with Crippen molar-refractivity contribution in [2.45, 2.75) is 193 Å². The first kappa shape index (κ1) is 41.1. The zero-order chi connectivity index (χ0) is 37.1. The Morgan fingerprint density at radius 3 is 1.67 bits per heavy atom. The van der Waals surface area contributed by atoms with E-state index in [1.807, 2.05) is 41.5 Å². The van der Waals surface area contributed by atoms with Gasteiger partial charge in [0.05, 0.1) is 30.3 Å². The monoisotopic (exact) mass is 708 g/mol. The zero-order valence-corrected chi connectivity index (χ0v) is 35.1. The SMILES string of the molecule is CC(C)(C)OC(=O)/C=C1\C[C@@H](O[Si](C)(C)C(C)(C)C)C[C@@H](O)[C@@]12CCC1=C(C[C@@H](O[Si](C)(C)C(C)(C)C)C[C@H]1O)[C@H]2C(=O)OC(C)(C)C. The molecule has 276 valence electrons. The Morgan fingerprint density at radius 2 is 1.21 bits per heavy atom. The van der Waals surface area contributed by atoms with Gasteiger partial charge in [-0.1, -0.05) is 52.7 Å². The Hall–Kier alpha value is -1.31. The molecular formula is C38H68O8Si2. The molecule has 0 aromatic carbocycles. The normalized spacial score (nSPS) is 30.4. The van der Waals surface area contributed by atoms with E-state index in [4.69, 9.17) is 18.3 Å². The average Bonchev–Trinajstić information content (AvgIpc) is 2.82. The van der Waals surface area contributed by atoms with Crippen LogP contribution in [0.2, 0.25) is 36.3 Å². The molecule has 6 atom stereocenters. The molecule has 0 amide bonds. The minimum Gasteiger partial charge on any atom is -0.459 e. The smallest absolute Gasteiger partial charge is 0.331 e. The highest BCUT2D eigenvalue weighted by Crippen LogP contribution is 2.59. The number of carbonyl (C=O) groups excluding carboxylic acids is 2. The zero-order valence-electron chi connectivity index (χ0n) is 33.1.